The van der Waals surface area contributed by atoms with Gasteiger partial charge in [-0.05, 0) is 38.3 Å². The minimum absolute atomic E-state index is 0.0695. The van der Waals surface area contributed by atoms with Gasteiger partial charge in [0.25, 0.3) is 5.91 Å². The molecule has 0 radical (unpaired) electrons. The first-order chi connectivity index (χ1) is 11.0. The van der Waals surface area contributed by atoms with Crippen LogP contribution in [0.2, 0.25) is 0 Å². The van der Waals surface area contributed by atoms with E-state index >= 15 is 0 Å². The zero-order valence-corrected chi connectivity index (χ0v) is 12.8. The number of primary amides is 1. The van der Waals surface area contributed by atoms with Crippen LogP contribution in [0.25, 0.3) is 5.69 Å². The number of rotatable bonds is 4. The Balaban J connectivity index is 2.19. The molecule has 1 amide bonds. The molecular formula is C17H17FN2O3. The van der Waals surface area contributed by atoms with E-state index in [0.717, 1.165) is 12.1 Å². The SMILES string of the molecule is CCOc1ccc(-n2cc(C(N)=O)c(=O)c3c2CCC3)cc1F. The predicted octanol–water partition coefficient (Wildman–Crippen LogP) is 1.96. The molecule has 2 aromatic rings. The Kier molecular flexibility index (Phi) is 3.90. The Hall–Kier alpha value is -2.63. The minimum atomic E-state index is -0.773. The highest BCUT2D eigenvalue weighted by atomic mass is 19.1. The summed E-state index contributed by atoms with van der Waals surface area (Å²) in [6, 6.07) is 4.57. The van der Waals surface area contributed by atoms with Gasteiger partial charge in [-0.3, -0.25) is 9.59 Å². The first-order valence-corrected chi connectivity index (χ1v) is 7.53. The van der Waals surface area contributed by atoms with Crippen molar-refractivity contribution in [2.24, 2.45) is 5.73 Å². The van der Waals surface area contributed by atoms with E-state index in [2.05, 4.69) is 0 Å². The highest BCUT2D eigenvalue weighted by Gasteiger charge is 2.23. The van der Waals surface area contributed by atoms with Crippen molar-refractivity contribution < 1.29 is 13.9 Å². The van der Waals surface area contributed by atoms with Gasteiger partial charge in [0.05, 0.1) is 6.61 Å². The number of ether oxygens (including phenoxy) is 1. The van der Waals surface area contributed by atoms with Gasteiger partial charge in [0.1, 0.15) is 5.56 Å². The molecule has 23 heavy (non-hydrogen) atoms. The Morgan fingerprint density at radius 1 is 1.39 bits per heavy atom. The van der Waals surface area contributed by atoms with Crippen LogP contribution in [0, 0.1) is 5.82 Å². The average Bonchev–Trinajstić information content (AvgIpc) is 3.00. The van der Waals surface area contributed by atoms with Gasteiger partial charge in [0.15, 0.2) is 17.0 Å². The van der Waals surface area contributed by atoms with Crippen LogP contribution in [-0.2, 0) is 12.8 Å². The number of nitrogens with zero attached hydrogens (tertiary/aromatic N) is 1. The van der Waals surface area contributed by atoms with Crippen molar-refractivity contribution in [1.82, 2.24) is 4.57 Å². The molecule has 1 aliphatic carbocycles. The van der Waals surface area contributed by atoms with Crippen molar-refractivity contribution in [1.29, 1.82) is 0 Å². The van der Waals surface area contributed by atoms with Gasteiger partial charge >= 0.3 is 0 Å². The molecule has 0 saturated carbocycles. The van der Waals surface area contributed by atoms with E-state index in [1.165, 1.54) is 18.3 Å². The first kappa shape index (κ1) is 15.3. The van der Waals surface area contributed by atoms with Crippen molar-refractivity contribution in [3.05, 3.63) is 57.3 Å². The van der Waals surface area contributed by atoms with Gasteiger partial charge in [-0.25, -0.2) is 4.39 Å². The average molecular weight is 316 g/mol. The molecule has 1 aromatic heterocycles. The lowest BCUT2D eigenvalue weighted by Crippen LogP contribution is -2.26. The molecule has 0 atom stereocenters. The third kappa shape index (κ3) is 2.60. The summed E-state index contributed by atoms with van der Waals surface area (Å²) in [5.41, 5.74) is 6.86. The maximum atomic E-state index is 14.1. The standard InChI is InChI=1S/C17H17FN2O3/c1-2-23-15-7-6-10(8-13(15)18)20-9-12(17(19)22)16(21)11-4-3-5-14(11)20/h6-9H,2-5H2,1H3,(H2,19,22). The first-order valence-electron chi connectivity index (χ1n) is 7.53. The predicted molar refractivity (Wildman–Crippen MR) is 83.7 cm³/mol. The van der Waals surface area contributed by atoms with Crippen LogP contribution >= 0.6 is 0 Å². The monoisotopic (exact) mass is 316 g/mol. The number of carbonyl (C=O) groups excluding carboxylic acids is 1. The van der Waals surface area contributed by atoms with Crippen LogP contribution in [-0.4, -0.2) is 17.1 Å². The van der Waals surface area contributed by atoms with Gasteiger partial charge < -0.3 is 15.0 Å². The molecule has 1 heterocycles. The van der Waals surface area contributed by atoms with E-state index in [1.54, 1.807) is 17.6 Å². The van der Waals surface area contributed by atoms with Gasteiger partial charge in [0.2, 0.25) is 0 Å². The molecule has 0 bridgehead atoms. The molecular weight excluding hydrogens is 299 g/mol. The van der Waals surface area contributed by atoms with Gasteiger partial charge in [-0.15, -0.1) is 0 Å². The van der Waals surface area contributed by atoms with Crippen LogP contribution in [0.5, 0.6) is 5.75 Å². The van der Waals surface area contributed by atoms with Gasteiger partial charge in [-0.2, -0.15) is 0 Å². The van der Waals surface area contributed by atoms with Crippen molar-refractivity contribution in [3.63, 3.8) is 0 Å². The quantitative estimate of drug-likeness (QED) is 0.937. The Morgan fingerprint density at radius 3 is 2.83 bits per heavy atom. The summed E-state index contributed by atoms with van der Waals surface area (Å²) in [5.74, 6) is -1.09. The van der Waals surface area contributed by atoms with E-state index in [4.69, 9.17) is 10.5 Å². The number of pyridine rings is 1. The maximum absolute atomic E-state index is 14.1. The number of amides is 1. The molecule has 5 nitrogen and oxygen atoms in total. The number of hydrogen-bond acceptors (Lipinski definition) is 3. The van der Waals surface area contributed by atoms with Gasteiger partial charge in [-0.1, -0.05) is 0 Å². The van der Waals surface area contributed by atoms with E-state index in [-0.39, 0.29) is 16.7 Å². The number of nitrogens with two attached hydrogens (primary N) is 1. The summed E-state index contributed by atoms with van der Waals surface area (Å²) in [6.07, 6.45) is 3.55. The summed E-state index contributed by atoms with van der Waals surface area (Å²) in [7, 11) is 0. The van der Waals surface area contributed by atoms with E-state index in [9.17, 15) is 14.0 Å². The van der Waals surface area contributed by atoms with Crippen LogP contribution in [0.15, 0.2) is 29.2 Å². The summed E-state index contributed by atoms with van der Waals surface area (Å²) < 4.78 is 21.0. The molecule has 0 saturated heterocycles. The molecule has 6 heteroatoms. The number of benzene rings is 1. The lowest BCUT2D eigenvalue weighted by molar-refractivity contribution is 0.0998. The molecule has 0 spiro atoms. The summed E-state index contributed by atoms with van der Waals surface area (Å²) in [5, 5.41) is 0. The van der Waals surface area contributed by atoms with E-state index in [0.29, 0.717) is 30.7 Å². The van der Waals surface area contributed by atoms with Crippen LogP contribution in [0.4, 0.5) is 4.39 Å². The molecule has 3 rings (SSSR count). The third-order valence-electron chi connectivity index (χ3n) is 4.02. The smallest absolute Gasteiger partial charge is 0.254 e. The molecule has 0 fully saturated rings. The van der Waals surface area contributed by atoms with Gasteiger partial charge in [0, 0.05) is 29.2 Å². The Labute approximate surface area is 132 Å². The van der Waals surface area contributed by atoms with Crippen molar-refractivity contribution >= 4 is 5.91 Å². The van der Waals surface area contributed by atoms with Crippen LogP contribution < -0.4 is 15.9 Å². The maximum Gasteiger partial charge on any atom is 0.254 e. The fraction of sp³-hybridized carbons (Fsp3) is 0.294. The highest BCUT2D eigenvalue weighted by molar-refractivity contribution is 5.92. The summed E-state index contributed by atoms with van der Waals surface area (Å²) in [4.78, 5) is 23.8. The van der Waals surface area contributed by atoms with Crippen molar-refractivity contribution in [3.8, 4) is 11.4 Å². The molecule has 120 valence electrons. The molecule has 1 aliphatic rings. The summed E-state index contributed by atoms with van der Waals surface area (Å²) in [6.45, 7) is 2.15. The third-order valence-corrected chi connectivity index (χ3v) is 4.02. The number of carbonyl (C=O) groups is 1. The number of aromatic nitrogens is 1. The lowest BCUT2D eigenvalue weighted by Gasteiger charge is -2.15. The number of halogens is 1. The van der Waals surface area contributed by atoms with Crippen molar-refractivity contribution in [2.75, 3.05) is 6.61 Å². The lowest BCUT2D eigenvalue weighted by atomic mass is 10.1. The number of fused-ring (bicyclic) bond motifs is 1. The van der Waals surface area contributed by atoms with Crippen molar-refractivity contribution in [2.45, 2.75) is 26.2 Å². The second-order valence-electron chi connectivity index (χ2n) is 5.43. The molecule has 2 N–H and O–H groups in total. The molecule has 1 aromatic carbocycles. The van der Waals surface area contributed by atoms with Crippen LogP contribution in [0.1, 0.15) is 35.0 Å². The van der Waals surface area contributed by atoms with Crippen LogP contribution in [0.3, 0.4) is 0 Å². The Morgan fingerprint density at radius 2 is 2.17 bits per heavy atom. The van der Waals surface area contributed by atoms with E-state index < -0.39 is 11.7 Å². The second kappa shape index (κ2) is 5.87. The fourth-order valence-electron chi connectivity index (χ4n) is 2.98. The minimum Gasteiger partial charge on any atom is -0.491 e. The summed E-state index contributed by atoms with van der Waals surface area (Å²) >= 11 is 0. The topological polar surface area (TPSA) is 74.3 Å². The zero-order chi connectivity index (χ0) is 16.6. The van der Waals surface area contributed by atoms with E-state index in [1.807, 2.05) is 0 Å². The largest absolute Gasteiger partial charge is 0.491 e. The molecule has 0 aliphatic heterocycles. The molecule has 0 unspecified atom stereocenters. The number of hydrogen-bond donors (Lipinski definition) is 1. The second-order valence-corrected chi connectivity index (χ2v) is 5.43. The fourth-order valence-corrected chi connectivity index (χ4v) is 2.98. The normalized spacial score (nSPS) is 13.0. The highest BCUT2D eigenvalue weighted by Crippen LogP contribution is 2.26. The zero-order valence-electron chi connectivity index (χ0n) is 12.8. The Bertz CT molecular complexity index is 842.